The summed E-state index contributed by atoms with van der Waals surface area (Å²) in [5, 5.41) is 16.2. The number of hydrogen-bond acceptors (Lipinski definition) is 5. The number of nitrogen functional groups attached to an aromatic ring is 1. The molecule has 0 atom stereocenters. The number of aryl methyl sites for hydroxylation is 1. The molecule has 0 aliphatic heterocycles. The minimum atomic E-state index is 0.448. The van der Waals surface area contributed by atoms with E-state index in [9.17, 15) is 0 Å². The number of benzene rings is 1. The highest BCUT2D eigenvalue weighted by Crippen LogP contribution is 2.30. The lowest BCUT2D eigenvalue weighted by atomic mass is 10.1. The predicted molar refractivity (Wildman–Crippen MR) is 70.8 cm³/mol. The summed E-state index contributed by atoms with van der Waals surface area (Å²) in [6.45, 7) is 0. The Morgan fingerprint density at radius 3 is 2.89 bits per heavy atom. The van der Waals surface area contributed by atoms with Crippen LogP contribution in [-0.2, 0) is 7.05 Å². The van der Waals surface area contributed by atoms with Gasteiger partial charge in [0.25, 0.3) is 0 Å². The zero-order chi connectivity index (χ0) is 13.4. The second-order valence-corrected chi connectivity index (χ2v) is 4.39. The number of nitrogens with two attached hydrogens (primary N) is 1. The molecular weight excluding hydrogens is 266 g/mol. The molecule has 0 fully saturated rings. The molecule has 0 saturated carbocycles. The number of aromatic nitrogens is 6. The van der Waals surface area contributed by atoms with Crippen LogP contribution in [0.1, 0.15) is 0 Å². The maximum absolute atomic E-state index is 6.01. The van der Waals surface area contributed by atoms with Crippen molar-refractivity contribution in [2.45, 2.75) is 0 Å². The molecule has 0 aliphatic carbocycles. The van der Waals surface area contributed by atoms with Crippen LogP contribution >= 0.6 is 11.6 Å². The number of tetrazole rings is 1. The zero-order valence-electron chi connectivity index (χ0n) is 10.0. The van der Waals surface area contributed by atoms with Crippen molar-refractivity contribution in [2.75, 3.05) is 5.73 Å². The van der Waals surface area contributed by atoms with Gasteiger partial charge in [0.05, 0.1) is 23.1 Å². The Bertz CT molecular complexity index is 730. The normalized spacial score (nSPS) is 10.8. The molecule has 3 rings (SSSR count). The average Bonchev–Trinajstić information content (AvgIpc) is 3.01. The van der Waals surface area contributed by atoms with E-state index in [2.05, 4.69) is 20.6 Å². The van der Waals surface area contributed by atoms with E-state index in [1.165, 1.54) is 0 Å². The molecule has 0 amide bonds. The number of nitrogens with zero attached hydrogens (tertiary/aromatic N) is 6. The first-order valence-electron chi connectivity index (χ1n) is 5.48. The van der Waals surface area contributed by atoms with E-state index in [-0.39, 0.29) is 0 Å². The van der Waals surface area contributed by atoms with Crippen LogP contribution in [0.3, 0.4) is 0 Å². The number of para-hydroxylation sites is 1. The van der Waals surface area contributed by atoms with E-state index in [1.807, 2.05) is 13.1 Å². The van der Waals surface area contributed by atoms with Crippen LogP contribution in [0.4, 0.5) is 5.69 Å². The van der Waals surface area contributed by atoms with Crippen molar-refractivity contribution in [3.05, 3.63) is 35.6 Å². The molecule has 3 aromatic rings. The minimum Gasteiger partial charge on any atom is -0.397 e. The van der Waals surface area contributed by atoms with Crippen LogP contribution in [-0.4, -0.2) is 30.0 Å². The summed E-state index contributed by atoms with van der Waals surface area (Å²) in [5.74, 6) is 0.521. The van der Waals surface area contributed by atoms with Crippen molar-refractivity contribution in [2.24, 2.45) is 7.05 Å². The summed E-state index contributed by atoms with van der Waals surface area (Å²) in [6.07, 6.45) is 3.47. The van der Waals surface area contributed by atoms with E-state index in [1.54, 1.807) is 33.9 Å². The quantitative estimate of drug-likeness (QED) is 0.712. The molecule has 0 saturated heterocycles. The van der Waals surface area contributed by atoms with Crippen molar-refractivity contribution in [1.29, 1.82) is 0 Å². The standard InChI is InChI=1S/C11H10ClN7/c1-18-6-7(5-14-18)19-11(15-16-17-19)8-3-2-4-9(12)10(8)13/h2-6H,13H2,1H3. The minimum absolute atomic E-state index is 0.448. The Hall–Kier alpha value is -2.41. The molecule has 2 heterocycles. The lowest BCUT2D eigenvalue weighted by Crippen LogP contribution is -2.01. The van der Waals surface area contributed by atoms with Crippen molar-refractivity contribution in [1.82, 2.24) is 30.0 Å². The molecule has 96 valence electrons. The molecule has 19 heavy (non-hydrogen) atoms. The van der Waals surface area contributed by atoms with Gasteiger partial charge >= 0.3 is 0 Å². The Morgan fingerprint density at radius 2 is 2.16 bits per heavy atom. The Morgan fingerprint density at radius 1 is 1.32 bits per heavy atom. The highest BCUT2D eigenvalue weighted by atomic mass is 35.5. The first kappa shape index (κ1) is 11.7. The zero-order valence-corrected chi connectivity index (χ0v) is 10.8. The van der Waals surface area contributed by atoms with Gasteiger partial charge in [0, 0.05) is 12.6 Å². The molecule has 7 nitrogen and oxygen atoms in total. The molecular formula is C11H10ClN7. The summed E-state index contributed by atoms with van der Waals surface area (Å²) in [5.41, 5.74) is 7.85. The van der Waals surface area contributed by atoms with Crippen molar-refractivity contribution >= 4 is 17.3 Å². The third-order valence-corrected chi connectivity index (χ3v) is 3.03. The smallest absolute Gasteiger partial charge is 0.189 e. The Labute approximate surface area is 113 Å². The third kappa shape index (κ3) is 1.93. The highest BCUT2D eigenvalue weighted by molar-refractivity contribution is 6.33. The van der Waals surface area contributed by atoms with Gasteiger partial charge in [0.1, 0.15) is 5.69 Å². The Kier molecular flexibility index (Phi) is 2.68. The molecule has 0 unspecified atom stereocenters. The van der Waals surface area contributed by atoms with Gasteiger partial charge in [-0.05, 0) is 22.6 Å². The molecule has 0 spiro atoms. The maximum atomic E-state index is 6.01. The average molecular weight is 276 g/mol. The van der Waals surface area contributed by atoms with Crippen LogP contribution in [0.5, 0.6) is 0 Å². The largest absolute Gasteiger partial charge is 0.397 e. The molecule has 0 bridgehead atoms. The number of hydrogen-bond donors (Lipinski definition) is 1. The highest BCUT2D eigenvalue weighted by Gasteiger charge is 2.15. The van der Waals surface area contributed by atoms with Crippen LogP contribution in [0.25, 0.3) is 17.1 Å². The van der Waals surface area contributed by atoms with Crippen LogP contribution in [0.2, 0.25) is 5.02 Å². The maximum Gasteiger partial charge on any atom is 0.189 e. The first-order valence-corrected chi connectivity index (χ1v) is 5.86. The van der Waals surface area contributed by atoms with E-state index in [0.717, 1.165) is 5.69 Å². The van der Waals surface area contributed by atoms with Gasteiger partial charge in [-0.15, -0.1) is 5.10 Å². The van der Waals surface area contributed by atoms with Crippen LogP contribution in [0.15, 0.2) is 30.6 Å². The summed E-state index contributed by atoms with van der Waals surface area (Å²) >= 11 is 6.01. The van der Waals surface area contributed by atoms with Crippen molar-refractivity contribution < 1.29 is 0 Å². The molecule has 0 radical (unpaired) electrons. The van der Waals surface area contributed by atoms with Gasteiger partial charge in [-0.1, -0.05) is 17.7 Å². The molecule has 0 aliphatic rings. The fraction of sp³-hybridized carbons (Fsp3) is 0.0909. The molecule has 8 heteroatoms. The lowest BCUT2D eigenvalue weighted by Gasteiger charge is -2.06. The molecule has 2 aromatic heterocycles. The predicted octanol–water partition coefficient (Wildman–Crippen LogP) is 1.30. The van der Waals surface area contributed by atoms with E-state index in [4.69, 9.17) is 17.3 Å². The fourth-order valence-electron chi connectivity index (χ4n) is 1.78. The molecule has 1 aromatic carbocycles. The monoisotopic (exact) mass is 275 g/mol. The Balaban J connectivity index is 2.17. The van der Waals surface area contributed by atoms with Gasteiger partial charge in [-0.25, -0.2) is 0 Å². The van der Waals surface area contributed by atoms with E-state index in [0.29, 0.717) is 22.1 Å². The number of anilines is 1. The summed E-state index contributed by atoms with van der Waals surface area (Å²) in [6, 6.07) is 5.34. The van der Waals surface area contributed by atoms with Gasteiger partial charge in [0.2, 0.25) is 0 Å². The fourth-order valence-corrected chi connectivity index (χ4v) is 1.95. The lowest BCUT2D eigenvalue weighted by molar-refractivity contribution is 0.762. The van der Waals surface area contributed by atoms with E-state index < -0.39 is 0 Å². The summed E-state index contributed by atoms with van der Waals surface area (Å²) in [4.78, 5) is 0. The third-order valence-electron chi connectivity index (χ3n) is 2.70. The SMILES string of the molecule is Cn1cc(-n2nnnc2-c2cccc(Cl)c2N)cn1. The van der Waals surface area contributed by atoms with Crippen LogP contribution < -0.4 is 5.73 Å². The second kappa shape index (κ2) is 4.36. The summed E-state index contributed by atoms with van der Waals surface area (Å²) < 4.78 is 3.23. The van der Waals surface area contributed by atoms with Gasteiger partial charge < -0.3 is 5.73 Å². The summed E-state index contributed by atoms with van der Waals surface area (Å²) in [7, 11) is 1.82. The van der Waals surface area contributed by atoms with Gasteiger partial charge in [0.15, 0.2) is 5.82 Å². The number of halogens is 1. The van der Waals surface area contributed by atoms with Gasteiger partial charge in [-0.3, -0.25) is 4.68 Å². The second-order valence-electron chi connectivity index (χ2n) is 3.99. The van der Waals surface area contributed by atoms with Crippen molar-refractivity contribution in [3.8, 4) is 17.1 Å². The molecule has 2 N–H and O–H groups in total. The number of rotatable bonds is 2. The van der Waals surface area contributed by atoms with Crippen molar-refractivity contribution in [3.63, 3.8) is 0 Å². The topological polar surface area (TPSA) is 87.4 Å². The van der Waals surface area contributed by atoms with Crippen LogP contribution in [0, 0.1) is 0 Å². The van der Waals surface area contributed by atoms with Gasteiger partial charge in [-0.2, -0.15) is 9.78 Å². The van der Waals surface area contributed by atoms with E-state index >= 15 is 0 Å². The first-order chi connectivity index (χ1) is 9.16.